The van der Waals surface area contributed by atoms with Crippen LogP contribution in [-0.2, 0) is 0 Å². The van der Waals surface area contributed by atoms with Crippen LogP contribution in [0.4, 0.5) is 8.78 Å². The van der Waals surface area contributed by atoms with E-state index in [1.165, 1.54) is 25.7 Å². The molecule has 2 aliphatic carbocycles. The van der Waals surface area contributed by atoms with E-state index in [0.29, 0.717) is 41.7 Å². The second-order valence-electron chi connectivity index (χ2n) is 10.9. The zero-order valence-corrected chi connectivity index (χ0v) is 21.4. The molecule has 3 nitrogen and oxygen atoms in total. The highest BCUT2D eigenvalue weighted by Gasteiger charge is 2.24. The van der Waals surface area contributed by atoms with Crippen molar-refractivity contribution in [2.24, 2.45) is 23.7 Å². The van der Waals surface area contributed by atoms with Gasteiger partial charge in [0.25, 0.3) is 0 Å². The van der Waals surface area contributed by atoms with Gasteiger partial charge in [0, 0.05) is 10.8 Å². The first kappa shape index (κ1) is 25.1. The Bertz CT molecular complexity index is 1180. The number of halogens is 2. The summed E-state index contributed by atoms with van der Waals surface area (Å²) in [6, 6.07) is 6.77. The summed E-state index contributed by atoms with van der Waals surface area (Å²) in [5.74, 6) is 1.45. The molecule has 5 heteroatoms. The number of fused-ring (bicyclic) bond motifs is 3. The summed E-state index contributed by atoms with van der Waals surface area (Å²) in [4.78, 5) is 0. The monoisotopic (exact) mass is 496 g/mol. The highest BCUT2D eigenvalue weighted by molar-refractivity contribution is 6.06. The van der Waals surface area contributed by atoms with Gasteiger partial charge in [-0.1, -0.05) is 38.7 Å². The van der Waals surface area contributed by atoms with Crippen LogP contribution in [0.25, 0.3) is 21.9 Å². The summed E-state index contributed by atoms with van der Waals surface area (Å²) in [5, 5.41) is 1.09. The summed E-state index contributed by atoms with van der Waals surface area (Å²) >= 11 is 0. The van der Waals surface area contributed by atoms with Crippen LogP contribution in [0.1, 0.15) is 71.1 Å². The van der Waals surface area contributed by atoms with Crippen molar-refractivity contribution >= 4 is 21.9 Å². The highest BCUT2D eigenvalue weighted by Crippen LogP contribution is 2.39. The molecule has 0 spiro atoms. The predicted molar refractivity (Wildman–Crippen MR) is 141 cm³/mol. The van der Waals surface area contributed by atoms with E-state index >= 15 is 8.78 Å². The zero-order valence-electron chi connectivity index (χ0n) is 21.4. The Morgan fingerprint density at radius 2 is 1.25 bits per heavy atom. The van der Waals surface area contributed by atoms with Gasteiger partial charge in [-0.2, -0.15) is 8.78 Å². The van der Waals surface area contributed by atoms with Gasteiger partial charge >= 0.3 is 0 Å². The number of hydrogen-bond acceptors (Lipinski definition) is 3. The smallest absolute Gasteiger partial charge is 0.208 e. The number of hydrogen-bond donors (Lipinski definition) is 0. The minimum Gasteiger partial charge on any atom is -0.490 e. The molecular formula is C31H38F2O3. The average molecular weight is 497 g/mol. The minimum atomic E-state index is -0.575. The summed E-state index contributed by atoms with van der Waals surface area (Å²) in [7, 11) is 0. The van der Waals surface area contributed by atoms with Crippen molar-refractivity contribution in [2.75, 3.05) is 13.2 Å². The first-order valence-corrected chi connectivity index (χ1v) is 13.8. The van der Waals surface area contributed by atoms with Gasteiger partial charge in [-0.05, 0) is 86.5 Å². The third kappa shape index (κ3) is 5.26. The molecule has 5 rings (SSSR count). The van der Waals surface area contributed by atoms with Crippen LogP contribution >= 0.6 is 0 Å². The molecule has 36 heavy (non-hydrogen) atoms. The molecule has 2 fully saturated rings. The molecule has 0 atom stereocenters. The summed E-state index contributed by atoms with van der Waals surface area (Å²) in [6.07, 6.45) is 13.6. The fraction of sp³-hybridized carbons (Fsp3) is 0.548. The Morgan fingerprint density at radius 1 is 0.778 bits per heavy atom. The van der Waals surface area contributed by atoms with Crippen LogP contribution in [0.15, 0.2) is 41.3 Å². The van der Waals surface area contributed by atoms with Gasteiger partial charge in [0.2, 0.25) is 11.6 Å². The molecule has 0 bridgehead atoms. The average Bonchev–Trinajstić information content (AvgIpc) is 3.30. The standard InChI is InChI=1S/C31H38F2O3/c1-3-5-21-8-12-23(13-9-21)19-35-27-17-15-25-24-14-16-26(28(32)30(24)36-31(25)29(27)33)34-18-22-10-6-20(4-2)7-11-22/h4,14-17,20-23H,2-3,5-13,18-19H2,1H3. The van der Waals surface area contributed by atoms with Crippen LogP contribution in [0.5, 0.6) is 11.5 Å². The van der Waals surface area contributed by atoms with Crippen molar-refractivity contribution in [1.82, 2.24) is 0 Å². The lowest BCUT2D eigenvalue weighted by atomic mass is 9.80. The lowest BCUT2D eigenvalue weighted by Crippen LogP contribution is -2.20. The van der Waals surface area contributed by atoms with E-state index in [4.69, 9.17) is 13.9 Å². The van der Waals surface area contributed by atoms with Gasteiger partial charge in [0.1, 0.15) is 0 Å². The summed E-state index contributed by atoms with van der Waals surface area (Å²) in [5.41, 5.74) is 0.0658. The number of rotatable bonds is 9. The van der Waals surface area contributed by atoms with Crippen molar-refractivity contribution < 1.29 is 22.7 Å². The molecule has 0 saturated heterocycles. The molecule has 0 amide bonds. The minimum absolute atomic E-state index is 0.0307. The van der Waals surface area contributed by atoms with E-state index in [2.05, 4.69) is 13.5 Å². The van der Waals surface area contributed by atoms with Gasteiger partial charge in [0.05, 0.1) is 13.2 Å². The molecule has 0 radical (unpaired) electrons. The second kappa shape index (κ2) is 11.2. The Kier molecular flexibility index (Phi) is 7.83. The van der Waals surface area contributed by atoms with E-state index in [1.54, 1.807) is 24.3 Å². The molecule has 0 aliphatic heterocycles. The molecule has 194 valence electrons. The Labute approximate surface area is 212 Å². The molecule has 0 N–H and O–H groups in total. The quantitative estimate of drug-likeness (QED) is 0.277. The maximum absolute atomic E-state index is 15.3. The highest BCUT2D eigenvalue weighted by atomic mass is 19.1. The third-order valence-corrected chi connectivity index (χ3v) is 8.45. The maximum Gasteiger partial charge on any atom is 0.208 e. The predicted octanol–water partition coefficient (Wildman–Crippen LogP) is 9.22. The van der Waals surface area contributed by atoms with Gasteiger partial charge in [-0.25, -0.2) is 0 Å². The number of benzene rings is 2. The van der Waals surface area contributed by atoms with Crippen molar-refractivity contribution in [3.8, 4) is 11.5 Å². The molecule has 1 heterocycles. The molecule has 2 aliphatic rings. The van der Waals surface area contributed by atoms with Crippen molar-refractivity contribution in [3.63, 3.8) is 0 Å². The van der Waals surface area contributed by atoms with Gasteiger partial charge in [-0.15, -0.1) is 6.58 Å². The molecule has 1 aromatic heterocycles. The Morgan fingerprint density at radius 3 is 1.72 bits per heavy atom. The summed E-state index contributed by atoms with van der Waals surface area (Å²) in [6.45, 7) is 7.10. The van der Waals surface area contributed by atoms with Crippen LogP contribution in [0, 0.1) is 35.3 Å². The third-order valence-electron chi connectivity index (χ3n) is 8.45. The van der Waals surface area contributed by atoms with Crippen LogP contribution in [0.2, 0.25) is 0 Å². The molecular weight excluding hydrogens is 458 g/mol. The van der Waals surface area contributed by atoms with Crippen molar-refractivity contribution in [3.05, 3.63) is 48.6 Å². The van der Waals surface area contributed by atoms with Crippen molar-refractivity contribution in [1.29, 1.82) is 0 Å². The zero-order chi connectivity index (χ0) is 25.1. The van der Waals surface area contributed by atoms with Crippen molar-refractivity contribution in [2.45, 2.75) is 71.1 Å². The molecule has 3 aromatic rings. The fourth-order valence-corrected chi connectivity index (χ4v) is 6.13. The van der Waals surface area contributed by atoms with E-state index in [-0.39, 0.29) is 22.7 Å². The Balaban J connectivity index is 1.27. The normalized spacial score (nSPS) is 24.8. The van der Waals surface area contributed by atoms with Gasteiger partial charge in [-0.3, -0.25) is 0 Å². The van der Waals surface area contributed by atoms with Crippen LogP contribution in [-0.4, -0.2) is 13.2 Å². The van der Waals surface area contributed by atoms with Gasteiger partial charge < -0.3 is 13.9 Å². The maximum atomic E-state index is 15.3. The van der Waals surface area contributed by atoms with Crippen LogP contribution < -0.4 is 9.47 Å². The van der Waals surface area contributed by atoms with E-state index in [9.17, 15) is 0 Å². The van der Waals surface area contributed by atoms with E-state index < -0.39 is 11.6 Å². The SMILES string of the molecule is C=CC1CCC(COc2ccc3c(oc4c(F)c(OCC5CCC(CCC)CC5)ccc43)c2F)CC1. The lowest BCUT2D eigenvalue weighted by molar-refractivity contribution is 0.174. The first-order chi connectivity index (χ1) is 17.6. The molecule has 0 unspecified atom stereocenters. The lowest BCUT2D eigenvalue weighted by Gasteiger charge is -2.28. The molecule has 2 saturated carbocycles. The number of ether oxygens (including phenoxy) is 2. The van der Waals surface area contributed by atoms with E-state index in [1.807, 2.05) is 6.08 Å². The second-order valence-corrected chi connectivity index (χ2v) is 10.9. The van der Waals surface area contributed by atoms with Gasteiger partial charge in [0.15, 0.2) is 22.7 Å². The Hall–Kier alpha value is -2.56. The van der Waals surface area contributed by atoms with E-state index in [0.717, 1.165) is 44.4 Å². The number of allylic oxidation sites excluding steroid dienone is 1. The van der Waals surface area contributed by atoms with Crippen LogP contribution in [0.3, 0.4) is 0 Å². The fourth-order valence-electron chi connectivity index (χ4n) is 6.13. The molecule has 2 aromatic carbocycles. The number of furan rings is 1. The first-order valence-electron chi connectivity index (χ1n) is 13.8. The summed E-state index contributed by atoms with van der Waals surface area (Å²) < 4.78 is 48.1. The largest absolute Gasteiger partial charge is 0.490 e. The topological polar surface area (TPSA) is 31.6 Å².